The van der Waals surface area contributed by atoms with Crippen LogP contribution in [0.4, 0.5) is 0 Å². The van der Waals surface area contributed by atoms with Crippen molar-refractivity contribution >= 4 is 86.9 Å². The van der Waals surface area contributed by atoms with E-state index in [2.05, 4.69) is 95.2 Å². The number of fused-ring (bicyclic) bond motifs is 12. The number of aromatic nitrogens is 1. The molecule has 166 valence electrons. The Bertz CT molecular complexity index is 2410. The van der Waals surface area contributed by atoms with Gasteiger partial charge in [0.1, 0.15) is 11.2 Å². The molecule has 0 spiro atoms. The van der Waals surface area contributed by atoms with Crippen molar-refractivity contribution in [2.24, 2.45) is 0 Å². The van der Waals surface area contributed by atoms with Gasteiger partial charge in [0, 0.05) is 42.2 Å². The summed E-state index contributed by atoms with van der Waals surface area (Å²) in [5.74, 6) is 0. The van der Waals surface area contributed by atoms with E-state index in [1.54, 1.807) is 0 Å². The third kappa shape index (κ3) is 2.23. The number of thiophene rings is 1. The maximum absolute atomic E-state index is 6.38. The highest BCUT2D eigenvalue weighted by Crippen LogP contribution is 2.39. The fourth-order valence-electron chi connectivity index (χ4n) is 6.07. The third-order valence-corrected chi connectivity index (χ3v) is 8.81. The van der Waals surface area contributed by atoms with Crippen LogP contribution in [0.3, 0.4) is 0 Å². The number of rotatable bonds is 1. The van der Waals surface area contributed by atoms with Gasteiger partial charge in [-0.15, -0.1) is 11.3 Å². The summed E-state index contributed by atoms with van der Waals surface area (Å²) in [5.41, 5.74) is 7.84. The monoisotopic (exact) mass is 475 g/mol. The van der Waals surface area contributed by atoms with Gasteiger partial charge in [0.2, 0.25) is 0 Å². The van der Waals surface area contributed by atoms with Gasteiger partial charge in [0.15, 0.2) is 0 Å². The van der Waals surface area contributed by atoms with Gasteiger partial charge in [0.25, 0.3) is 0 Å². The Morgan fingerprint density at radius 3 is 2.42 bits per heavy atom. The molecule has 1 aliphatic carbocycles. The number of furan rings is 1. The Hall–Kier alpha value is -4.56. The number of benzene rings is 5. The molecule has 36 heavy (non-hydrogen) atoms. The molecule has 0 unspecified atom stereocenters. The van der Waals surface area contributed by atoms with Crippen molar-refractivity contribution in [2.75, 3.05) is 0 Å². The number of nitrogens with zero attached hydrogens (tertiary/aromatic N) is 1. The molecule has 2 nitrogen and oxygen atoms in total. The van der Waals surface area contributed by atoms with Crippen molar-refractivity contribution in [3.05, 3.63) is 108 Å². The zero-order valence-corrected chi connectivity index (χ0v) is 19.9. The van der Waals surface area contributed by atoms with E-state index in [-0.39, 0.29) is 0 Å². The molecule has 0 amide bonds. The van der Waals surface area contributed by atoms with Gasteiger partial charge in [-0.05, 0) is 53.9 Å². The van der Waals surface area contributed by atoms with E-state index in [1.807, 2.05) is 29.5 Å². The van der Waals surface area contributed by atoms with Gasteiger partial charge >= 0.3 is 0 Å². The third-order valence-electron chi connectivity index (χ3n) is 7.60. The summed E-state index contributed by atoms with van der Waals surface area (Å²) < 4.78 is 11.4. The zero-order valence-electron chi connectivity index (χ0n) is 19.1. The van der Waals surface area contributed by atoms with Crippen LogP contribution < -0.4 is 10.6 Å². The Morgan fingerprint density at radius 2 is 1.44 bits per heavy atom. The first-order valence-corrected chi connectivity index (χ1v) is 12.9. The molecule has 0 N–H and O–H groups in total. The lowest BCUT2D eigenvalue weighted by Gasteiger charge is -2.09. The van der Waals surface area contributed by atoms with Crippen LogP contribution >= 0.6 is 11.3 Å². The summed E-state index contributed by atoms with van der Waals surface area (Å²) in [4.78, 5) is 0. The predicted octanol–water partition coefficient (Wildman–Crippen LogP) is 7.78. The van der Waals surface area contributed by atoms with E-state index in [0.717, 1.165) is 32.7 Å². The lowest BCUT2D eigenvalue weighted by atomic mass is 10.0. The molecule has 0 aliphatic heterocycles. The summed E-state index contributed by atoms with van der Waals surface area (Å²) in [6, 6.07) is 32.6. The number of para-hydroxylation sites is 1. The molecule has 3 aromatic heterocycles. The second kappa shape index (κ2) is 6.56. The van der Waals surface area contributed by atoms with Gasteiger partial charge in [0.05, 0.1) is 21.3 Å². The SMILES string of the molecule is C1=CC=c2c=1n(-c1cccc3c1sc1ccccc13)c1ccc3c(ccc4c5ccccc5oc43)c21. The topological polar surface area (TPSA) is 18.1 Å². The Kier molecular flexibility index (Phi) is 3.41. The summed E-state index contributed by atoms with van der Waals surface area (Å²) in [6.07, 6.45) is 4.24. The first-order valence-electron chi connectivity index (χ1n) is 12.1. The van der Waals surface area contributed by atoms with Crippen molar-refractivity contribution in [3.8, 4) is 5.69 Å². The lowest BCUT2D eigenvalue weighted by molar-refractivity contribution is 0.672. The second-order valence-electron chi connectivity index (χ2n) is 9.42. The zero-order chi connectivity index (χ0) is 23.4. The molecule has 0 saturated heterocycles. The maximum atomic E-state index is 6.38. The highest BCUT2D eigenvalue weighted by molar-refractivity contribution is 7.26. The van der Waals surface area contributed by atoms with Crippen LogP contribution in [-0.2, 0) is 0 Å². The van der Waals surface area contributed by atoms with Crippen LogP contribution in [0, 0.1) is 0 Å². The van der Waals surface area contributed by atoms with E-state index in [9.17, 15) is 0 Å². The average Bonchev–Trinajstić information content (AvgIpc) is 3.68. The quantitative estimate of drug-likeness (QED) is 0.237. The fraction of sp³-hybridized carbons (Fsp3) is 0. The van der Waals surface area contributed by atoms with Crippen LogP contribution in [0.2, 0.25) is 0 Å². The summed E-state index contributed by atoms with van der Waals surface area (Å²) in [6.45, 7) is 0. The van der Waals surface area contributed by atoms with Crippen LogP contribution in [0.15, 0.2) is 101 Å². The molecule has 0 bridgehead atoms. The van der Waals surface area contributed by atoms with Crippen molar-refractivity contribution in [1.82, 2.24) is 4.57 Å². The van der Waals surface area contributed by atoms with E-state index in [1.165, 1.54) is 47.4 Å². The molecule has 1 aliphatic rings. The maximum Gasteiger partial charge on any atom is 0.143 e. The summed E-state index contributed by atoms with van der Waals surface area (Å²) in [5, 5.41) is 10.9. The first-order chi connectivity index (χ1) is 17.9. The highest BCUT2D eigenvalue weighted by atomic mass is 32.1. The standard InChI is InChI=1S/C33H17NOS/c1-3-13-29-19(7-1)22-16-15-21-23(32(22)35-29)17-18-27-31(21)25-10-6-11-26(25)34(27)28-12-5-9-24-20-8-2-4-14-30(20)36-33(24)28/h1-10,12-18H. The van der Waals surface area contributed by atoms with Gasteiger partial charge in [-0.2, -0.15) is 0 Å². The minimum absolute atomic E-state index is 0.931. The Morgan fingerprint density at radius 1 is 0.667 bits per heavy atom. The smallest absolute Gasteiger partial charge is 0.143 e. The largest absolute Gasteiger partial charge is 0.455 e. The average molecular weight is 476 g/mol. The van der Waals surface area contributed by atoms with E-state index >= 15 is 0 Å². The second-order valence-corrected chi connectivity index (χ2v) is 10.5. The summed E-state index contributed by atoms with van der Waals surface area (Å²) in [7, 11) is 0. The molecule has 0 radical (unpaired) electrons. The predicted molar refractivity (Wildman–Crippen MR) is 153 cm³/mol. The minimum atomic E-state index is 0.931. The van der Waals surface area contributed by atoms with Gasteiger partial charge in [-0.1, -0.05) is 60.3 Å². The van der Waals surface area contributed by atoms with E-state index < -0.39 is 0 Å². The number of hydrogen-bond acceptors (Lipinski definition) is 2. The van der Waals surface area contributed by atoms with Crippen molar-refractivity contribution in [1.29, 1.82) is 0 Å². The van der Waals surface area contributed by atoms with Gasteiger partial charge < -0.3 is 8.98 Å². The van der Waals surface area contributed by atoms with Crippen molar-refractivity contribution in [3.63, 3.8) is 0 Å². The molecule has 3 heterocycles. The molecule has 5 aromatic carbocycles. The Labute approximate surface area is 208 Å². The molecule has 0 atom stereocenters. The normalized spacial score (nSPS) is 12.9. The van der Waals surface area contributed by atoms with Crippen LogP contribution in [0.1, 0.15) is 0 Å². The molecule has 0 fully saturated rings. The fourth-order valence-corrected chi connectivity index (χ4v) is 7.28. The molecule has 9 rings (SSSR count). The first kappa shape index (κ1) is 18.7. The van der Waals surface area contributed by atoms with Crippen LogP contribution in [0.5, 0.6) is 0 Å². The van der Waals surface area contributed by atoms with Crippen LogP contribution in [0.25, 0.3) is 81.3 Å². The van der Waals surface area contributed by atoms with Crippen molar-refractivity contribution in [2.45, 2.75) is 0 Å². The molecule has 8 aromatic rings. The minimum Gasteiger partial charge on any atom is -0.455 e. The van der Waals surface area contributed by atoms with Crippen LogP contribution in [-0.4, -0.2) is 4.57 Å². The molecule has 0 saturated carbocycles. The van der Waals surface area contributed by atoms with E-state index in [4.69, 9.17) is 4.42 Å². The van der Waals surface area contributed by atoms with E-state index in [0.29, 0.717) is 0 Å². The molecular weight excluding hydrogens is 458 g/mol. The Balaban J connectivity index is 1.45. The highest BCUT2D eigenvalue weighted by Gasteiger charge is 2.19. The number of hydrogen-bond donors (Lipinski definition) is 0. The number of allylic oxidation sites excluding steroid dienone is 1. The molecule has 3 heteroatoms. The summed E-state index contributed by atoms with van der Waals surface area (Å²) >= 11 is 1.86. The van der Waals surface area contributed by atoms with Crippen molar-refractivity contribution < 1.29 is 4.42 Å². The van der Waals surface area contributed by atoms with Gasteiger partial charge in [-0.25, -0.2) is 0 Å². The van der Waals surface area contributed by atoms with Gasteiger partial charge in [-0.3, -0.25) is 0 Å². The lowest BCUT2D eigenvalue weighted by Crippen LogP contribution is -2.25. The molecular formula is C33H17NOS.